The highest BCUT2D eigenvalue weighted by atomic mass is 79.9. The van der Waals surface area contributed by atoms with E-state index in [9.17, 15) is 14.7 Å². The molecule has 0 heterocycles. The molecule has 4 aromatic carbocycles. The second-order valence-corrected chi connectivity index (χ2v) is 9.03. The fourth-order valence-electron chi connectivity index (χ4n) is 3.54. The van der Waals surface area contributed by atoms with Gasteiger partial charge in [-0.05, 0) is 50.8 Å². The number of phenols is 1. The number of amides is 2. The van der Waals surface area contributed by atoms with E-state index >= 15 is 0 Å². The maximum absolute atomic E-state index is 13.1. The molecule has 2 amide bonds. The van der Waals surface area contributed by atoms with Crippen LogP contribution in [0.1, 0.15) is 27.0 Å². The van der Waals surface area contributed by atoms with Gasteiger partial charge in [-0.25, -0.2) is 0 Å². The number of hydrazine groups is 1. The van der Waals surface area contributed by atoms with Crippen LogP contribution in [0.3, 0.4) is 0 Å². The number of hydrogen-bond acceptors (Lipinski definition) is 5. The first-order valence-corrected chi connectivity index (χ1v) is 12.3. The molecule has 0 bridgehead atoms. The lowest BCUT2D eigenvalue weighted by molar-refractivity contribution is -0.121. The van der Waals surface area contributed by atoms with E-state index in [1.165, 1.54) is 12.1 Å². The number of carbonyl (C=O) groups excluding carboxylic acids is 2. The Labute approximate surface area is 223 Å². The number of halogens is 1. The largest absolute Gasteiger partial charge is 0.508 e. The van der Waals surface area contributed by atoms with Crippen molar-refractivity contribution >= 4 is 27.7 Å². The lowest BCUT2D eigenvalue weighted by Gasteiger charge is -2.16. The molecule has 3 N–H and O–H groups in total. The van der Waals surface area contributed by atoms with Crippen LogP contribution in [0.15, 0.2) is 102 Å². The number of hydrogen-bond donors (Lipinski definition) is 3. The van der Waals surface area contributed by atoms with Crippen molar-refractivity contribution in [1.82, 2.24) is 10.9 Å². The van der Waals surface area contributed by atoms with Gasteiger partial charge in [0.2, 0.25) is 5.91 Å². The van der Waals surface area contributed by atoms with Crippen molar-refractivity contribution in [2.45, 2.75) is 19.6 Å². The van der Waals surface area contributed by atoms with Crippen LogP contribution in [0.25, 0.3) is 0 Å². The third-order valence-electron chi connectivity index (χ3n) is 5.33. The molecule has 0 aliphatic rings. The van der Waals surface area contributed by atoms with Crippen LogP contribution in [0.5, 0.6) is 17.2 Å². The average molecular weight is 561 g/mol. The zero-order chi connectivity index (χ0) is 26.0. The molecule has 7 nitrogen and oxygen atoms in total. The highest BCUT2D eigenvalue weighted by Crippen LogP contribution is 2.33. The predicted octanol–water partition coefficient (Wildman–Crippen LogP) is 5.32. The summed E-state index contributed by atoms with van der Waals surface area (Å²) in [4.78, 5) is 25.4. The molecule has 188 valence electrons. The first kappa shape index (κ1) is 25.8. The lowest BCUT2D eigenvalue weighted by Crippen LogP contribution is -2.42. The van der Waals surface area contributed by atoms with Gasteiger partial charge < -0.3 is 14.6 Å². The number of aromatic hydroxyl groups is 1. The number of phenolic OH excluding ortho intramolecular Hbond substituents is 1. The van der Waals surface area contributed by atoms with Crippen molar-refractivity contribution in [1.29, 1.82) is 0 Å². The molecule has 0 spiro atoms. The van der Waals surface area contributed by atoms with Gasteiger partial charge in [0.1, 0.15) is 30.5 Å². The van der Waals surface area contributed by atoms with Crippen LogP contribution in [0, 0.1) is 0 Å². The van der Waals surface area contributed by atoms with Crippen LogP contribution in [-0.4, -0.2) is 16.9 Å². The number of ether oxygens (including phenoxy) is 2. The fourth-order valence-corrected chi connectivity index (χ4v) is 4.14. The minimum atomic E-state index is -0.561. The molecule has 0 fully saturated rings. The summed E-state index contributed by atoms with van der Waals surface area (Å²) in [5.41, 5.74) is 7.60. The molecule has 8 heteroatoms. The summed E-state index contributed by atoms with van der Waals surface area (Å²) < 4.78 is 12.4. The predicted molar refractivity (Wildman–Crippen MR) is 143 cm³/mol. The van der Waals surface area contributed by atoms with Crippen molar-refractivity contribution in [3.05, 3.63) is 124 Å². The second kappa shape index (κ2) is 12.6. The Kier molecular flexibility index (Phi) is 8.78. The van der Waals surface area contributed by atoms with Gasteiger partial charge in [0, 0.05) is 10.5 Å². The van der Waals surface area contributed by atoms with Crippen molar-refractivity contribution < 1.29 is 24.2 Å². The number of benzene rings is 4. The molecule has 0 aliphatic carbocycles. The Morgan fingerprint density at radius 2 is 1.35 bits per heavy atom. The SMILES string of the molecule is O=C(Cc1cccc(O)c1)NNC(=O)c1c(Br)cc(OCc2ccccc2)cc1OCc1ccccc1. The Morgan fingerprint density at radius 3 is 2.00 bits per heavy atom. The van der Waals surface area contributed by atoms with Gasteiger partial charge in [-0.1, -0.05) is 72.8 Å². The van der Waals surface area contributed by atoms with Crippen LogP contribution >= 0.6 is 15.9 Å². The first-order chi connectivity index (χ1) is 18.0. The van der Waals surface area contributed by atoms with Gasteiger partial charge in [0.05, 0.1) is 12.0 Å². The summed E-state index contributed by atoms with van der Waals surface area (Å²) in [5.74, 6) is -0.129. The molecule has 0 radical (unpaired) electrons. The van der Waals surface area contributed by atoms with Gasteiger partial charge in [-0.15, -0.1) is 0 Å². The van der Waals surface area contributed by atoms with E-state index in [0.29, 0.717) is 28.1 Å². The summed E-state index contributed by atoms with van der Waals surface area (Å²) in [6.07, 6.45) is -0.0144. The molecule has 0 atom stereocenters. The maximum Gasteiger partial charge on any atom is 0.274 e. The van der Waals surface area contributed by atoms with E-state index in [1.807, 2.05) is 60.7 Å². The zero-order valence-electron chi connectivity index (χ0n) is 19.8. The number of nitrogens with one attached hydrogen (secondary N) is 2. The van der Waals surface area contributed by atoms with Crippen molar-refractivity contribution in [2.24, 2.45) is 0 Å². The summed E-state index contributed by atoms with van der Waals surface area (Å²) in [6, 6.07) is 29.0. The Bertz CT molecular complexity index is 1360. The van der Waals surface area contributed by atoms with Crippen LogP contribution in [0.4, 0.5) is 0 Å². The van der Waals surface area contributed by atoms with Gasteiger partial charge in [0.15, 0.2) is 0 Å². The van der Waals surface area contributed by atoms with E-state index in [2.05, 4.69) is 26.8 Å². The topological polar surface area (TPSA) is 96.9 Å². The van der Waals surface area contributed by atoms with Crippen molar-refractivity contribution in [3.63, 3.8) is 0 Å². The molecule has 37 heavy (non-hydrogen) atoms. The molecular formula is C29H25BrN2O5. The maximum atomic E-state index is 13.1. The van der Waals surface area contributed by atoms with Gasteiger partial charge >= 0.3 is 0 Å². The molecule has 0 aromatic heterocycles. The highest BCUT2D eigenvalue weighted by molar-refractivity contribution is 9.10. The highest BCUT2D eigenvalue weighted by Gasteiger charge is 2.20. The third kappa shape index (κ3) is 7.59. The van der Waals surface area contributed by atoms with Crippen LogP contribution in [-0.2, 0) is 24.4 Å². The molecule has 4 rings (SSSR count). The first-order valence-electron chi connectivity index (χ1n) is 11.5. The normalized spacial score (nSPS) is 10.4. The second-order valence-electron chi connectivity index (χ2n) is 8.18. The van der Waals surface area contributed by atoms with E-state index in [-0.39, 0.29) is 24.3 Å². The Balaban J connectivity index is 1.49. The Hall–Kier alpha value is -4.30. The van der Waals surface area contributed by atoms with Crippen molar-refractivity contribution in [3.8, 4) is 17.2 Å². The molecule has 0 saturated heterocycles. The quantitative estimate of drug-likeness (QED) is 0.241. The minimum Gasteiger partial charge on any atom is -0.508 e. The smallest absolute Gasteiger partial charge is 0.274 e. The van der Waals surface area contributed by atoms with Gasteiger partial charge in [-0.3, -0.25) is 20.4 Å². The molecule has 0 aliphatic heterocycles. The summed E-state index contributed by atoms with van der Waals surface area (Å²) in [5, 5.41) is 9.58. The van der Waals surface area contributed by atoms with Crippen LogP contribution in [0.2, 0.25) is 0 Å². The molecule has 0 saturated carbocycles. The zero-order valence-corrected chi connectivity index (χ0v) is 21.4. The lowest BCUT2D eigenvalue weighted by atomic mass is 10.1. The number of carbonyl (C=O) groups is 2. The Morgan fingerprint density at radius 1 is 0.730 bits per heavy atom. The van der Waals surface area contributed by atoms with E-state index in [4.69, 9.17) is 9.47 Å². The fraction of sp³-hybridized carbons (Fsp3) is 0.103. The van der Waals surface area contributed by atoms with Crippen molar-refractivity contribution in [2.75, 3.05) is 0 Å². The van der Waals surface area contributed by atoms with E-state index in [1.54, 1.807) is 24.3 Å². The third-order valence-corrected chi connectivity index (χ3v) is 5.96. The molecule has 4 aromatic rings. The standard InChI is InChI=1S/C29H25BrN2O5/c30-25-16-24(36-18-20-8-3-1-4-9-20)17-26(37-19-21-10-5-2-6-11-21)28(25)29(35)32-31-27(34)15-22-12-7-13-23(33)14-22/h1-14,16-17,33H,15,18-19H2,(H,31,34)(H,32,35). The van der Waals surface area contributed by atoms with Gasteiger partial charge in [0.25, 0.3) is 5.91 Å². The minimum absolute atomic E-state index is 0.0144. The van der Waals surface area contributed by atoms with Crippen LogP contribution < -0.4 is 20.3 Å². The van der Waals surface area contributed by atoms with Gasteiger partial charge in [-0.2, -0.15) is 0 Å². The number of rotatable bonds is 9. The molecular weight excluding hydrogens is 536 g/mol. The molecule has 0 unspecified atom stereocenters. The monoisotopic (exact) mass is 560 g/mol. The summed E-state index contributed by atoms with van der Waals surface area (Å²) >= 11 is 3.46. The van der Waals surface area contributed by atoms with E-state index < -0.39 is 11.8 Å². The summed E-state index contributed by atoms with van der Waals surface area (Å²) in [6.45, 7) is 0.585. The van der Waals surface area contributed by atoms with E-state index in [0.717, 1.165) is 11.1 Å². The summed E-state index contributed by atoms with van der Waals surface area (Å²) in [7, 11) is 0. The average Bonchev–Trinajstić information content (AvgIpc) is 2.90.